The van der Waals surface area contributed by atoms with Gasteiger partial charge in [-0.15, -0.1) is 0 Å². The molecule has 3 atom stereocenters. The Hall–Kier alpha value is 0.180. The van der Waals surface area contributed by atoms with Crippen LogP contribution in [0.5, 0.6) is 0 Å². The Morgan fingerprint density at radius 3 is 2.69 bits per heavy atom. The lowest BCUT2D eigenvalue weighted by Gasteiger charge is -2.42. The minimum atomic E-state index is 0.314. The van der Waals surface area contributed by atoms with Gasteiger partial charge < -0.3 is 0 Å². The van der Waals surface area contributed by atoms with Crippen LogP contribution in [0.15, 0.2) is 16.8 Å². The molecular formula is C14H21BrS. The summed E-state index contributed by atoms with van der Waals surface area (Å²) >= 11 is 5.74. The molecular weight excluding hydrogens is 280 g/mol. The molecule has 0 amide bonds. The van der Waals surface area contributed by atoms with Gasteiger partial charge in [-0.05, 0) is 52.5 Å². The van der Waals surface area contributed by atoms with E-state index in [1.807, 2.05) is 11.3 Å². The monoisotopic (exact) mass is 300 g/mol. The standard InChI is InChI=1S/C14H21BrS/c1-10-4-5-12(13(15)8-10)14(2,3)11-6-7-16-9-11/h6-7,9-10,12-13H,4-5,8H2,1-3H3. The first-order valence-electron chi connectivity index (χ1n) is 6.18. The normalized spacial score (nSPS) is 31.6. The van der Waals surface area contributed by atoms with Gasteiger partial charge in [0.1, 0.15) is 0 Å². The van der Waals surface area contributed by atoms with Crippen molar-refractivity contribution >= 4 is 27.3 Å². The highest BCUT2D eigenvalue weighted by atomic mass is 79.9. The largest absolute Gasteiger partial charge is 0.152 e. The smallest absolute Gasteiger partial charge is 0.0184 e. The van der Waals surface area contributed by atoms with E-state index in [9.17, 15) is 0 Å². The summed E-state index contributed by atoms with van der Waals surface area (Å²) in [6.07, 6.45) is 4.08. The lowest BCUT2D eigenvalue weighted by Crippen LogP contribution is -2.38. The average molecular weight is 301 g/mol. The third-order valence-electron chi connectivity index (χ3n) is 4.23. The molecule has 2 rings (SSSR count). The van der Waals surface area contributed by atoms with E-state index in [2.05, 4.69) is 53.5 Å². The van der Waals surface area contributed by atoms with Crippen molar-refractivity contribution in [2.75, 3.05) is 0 Å². The summed E-state index contributed by atoms with van der Waals surface area (Å²) in [6, 6.07) is 2.29. The Bertz CT molecular complexity index is 329. The predicted molar refractivity (Wildman–Crippen MR) is 76.6 cm³/mol. The molecule has 3 unspecified atom stereocenters. The van der Waals surface area contributed by atoms with E-state index in [4.69, 9.17) is 0 Å². The van der Waals surface area contributed by atoms with Gasteiger partial charge >= 0.3 is 0 Å². The summed E-state index contributed by atoms with van der Waals surface area (Å²) in [5.74, 6) is 1.66. The predicted octanol–water partition coefficient (Wildman–Crippen LogP) is 5.23. The van der Waals surface area contributed by atoms with Gasteiger partial charge in [-0.2, -0.15) is 11.3 Å². The molecule has 0 aliphatic heterocycles. The quantitative estimate of drug-likeness (QED) is 0.656. The summed E-state index contributed by atoms with van der Waals surface area (Å²) in [5, 5.41) is 4.52. The van der Waals surface area contributed by atoms with Crippen LogP contribution in [0.3, 0.4) is 0 Å². The number of hydrogen-bond donors (Lipinski definition) is 0. The highest BCUT2D eigenvalue weighted by molar-refractivity contribution is 9.09. The lowest BCUT2D eigenvalue weighted by molar-refractivity contribution is 0.214. The van der Waals surface area contributed by atoms with E-state index >= 15 is 0 Å². The second-order valence-corrected chi connectivity index (χ2v) is 7.73. The molecule has 16 heavy (non-hydrogen) atoms. The molecule has 0 spiro atoms. The summed E-state index contributed by atoms with van der Waals surface area (Å²) < 4.78 is 0. The topological polar surface area (TPSA) is 0 Å². The fourth-order valence-electron chi connectivity index (χ4n) is 2.97. The average Bonchev–Trinajstić information content (AvgIpc) is 2.69. The van der Waals surface area contributed by atoms with E-state index < -0.39 is 0 Å². The Morgan fingerprint density at radius 2 is 2.12 bits per heavy atom. The van der Waals surface area contributed by atoms with Crippen LogP contribution in [-0.2, 0) is 5.41 Å². The maximum absolute atomic E-state index is 3.92. The number of alkyl halides is 1. The van der Waals surface area contributed by atoms with Crippen LogP contribution in [0.1, 0.15) is 45.6 Å². The number of hydrogen-bond acceptors (Lipinski definition) is 1. The van der Waals surface area contributed by atoms with Crippen molar-refractivity contribution in [2.24, 2.45) is 11.8 Å². The van der Waals surface area contributed by atoms with E-state index in [1.54, 1.807) is 0 Å². The minimum Gasteiger partial charge on any atom is -0.152 e. The van der Waals surface area contributed by atoms with Crippen molar-refractivity contribution in [1.29, 1.82) is 0 Å². The van der Waals surface area contributed by atoms with Gasteiger partial charge in [0.05, 0.1) is 0 Å². The molecule has 1 fully saturated rings. The van der Waals surface area contributed by atoms with E-state index in [-0.39, 0.29) is 0 Å². The Kier molecular flexibility index (Phi) is 3.80. The van der Waals surface area contributed by atoms with Crippen molar-refractivity contribution in [3.8, 4) is 0 Å². The molecule has 0 N–H and O–H groups in total. The molecule has 0 radical (unpaired) electrons. The second kappa shape index (κ2) is 4.81. The number of halogens is 1. The van der Waals surface area contributed by atoms with Gasteiger partial charge in [-0.25, -0.2) is 0 Å². The van der Waals surface area contributed by atoms with Crippen LogP contribution in [0, 0.1) is 11.8 Å². The maximum atomic E-state index is 3.92. The van der Waals surface area contributed by atoms with Crippen LogP contribution < -0.4 is 0 Å². The fraction of sp³-hybridized carbons (Fsp3) is 0.714. The Morgan fingerprint density at radius 1 is 1.38 bits per heavy atom. The summed E-state index contributed by atoms with van der Waals surface area (Å²) in [4.78, 5) is 0.686. The van der Waals surface area contributed by atoms with Crippen LogP contribution in [0.4, 0.5) is 0 Å². The summed E-state index contributed by atoms with van der Waals surface area (Å²) in [7, 11) is 0. The Balaban J connectivity index is 2.17. The Labute approximate surface area is 112 Å². The van der Waals surface area contributed by atoms with E-state index in [0.717, 1.165) is 11.8 Å². The van der Waals surface area contributed by atoms with Crippen LogP contribution >= 0.6 is 27.3 Å². The highest BCUT2D eigenvalue weighted by Crippen LogP contribution is 2.45. The fourth-order valence-corrected chi connectivity index (χ4v) is 5.37. The van der Waals surface area contributed by atoms with E-state index in [0.29, 0.717) is 10.2 Å². The first-order valence-corrected chi connectivity index (χ1v) is 8.04. The summed E-state index contributed by atoms with van der Waals surface area (Å²) in [5.41, 5.74) is 1.83. The number of rotatable bonds is 2. The third-order valence-corrected chi connectivity index (χ3v) is 5.92. The van der Waals surface area contributed by atoms with Gasteiger partial charge in [0.15, 0.2) is 0 Å². The second-order valence-electron chi connectivity index (χ2n) is 5.77. The zero-order valence-electron chi connectivity index (χ0n) is 10.4. The van der Waals surface area contributed by atoms with E-state index in [1.165, 1.54) is 24.8 Å². The van der Waals surface area contributed by atoms with Gasteiger partial charge in [0.2, 0.25) is 0 Å². The van der Waals surface area contributed by atoms with Crippen LogP contribution in [0.2, 0.25) is 0 Å². The van der Waals surface area contributed by atoms with Crippen molar-refractivity contribution in [1.82, 2.24) is 0 Å². The highest BCUT2D eigenvalue weighted by Gasteiger charge is 2.38. The molecule has 0 saturated heterocycles. The van der Waals surface area contributed by atoms with Gasteiger partial charge in [-0.1, -0.05) is 43.1 Å². The molecule has 1 saturated carbocycles. The maximum Gasteiger partial charge on any atom is 0.0184 e. The molecule has 1 aliphatic carbocycles. The lowest BCUT2D eigenvalue weighted by atomic mass is 9.66. The molecule has 0 aromatic carbocycles. The number of thiophene rings is 1. The molecule has 2 heteroatoms. The molecule has 0 bridgehead atoms. The molecule has 0 nitrogen and oxygen atoms in total. The molecule has 1 aromatic rings. The first-order chi connectivity index (χ1) is 7.51. The molecule has 90 valence electrons. The minimum absolute atomic E-state index is 0.314. The summed E-state index contributed by atoms with van der Waals surface area (Å²) in [6.45, 7) is 7.19. The SMILES string of the molecule is CC1CCC(C(C)(C)c2ccsc2)C(Br)C1. The van der Waals surface area contributed by atoms with Crippen molar-refractivity contribution in [2.45, 2.75) is 50.3 Å². The van der Waals surface area contributed by atoms with Gasteiger partial charge in [-0.3, -0.25) is 0 Å². The van der Waals surface area contributed by atoms with Crippen molar-refractivity contribution in [3.63, 3.8) is 0 Å². The van der Waals surface area contributed by atoms with Crippen LogP contribution in [0.25, 0.3) is 0 Å². The zero-order valence-corrected chi connectivity index (χ0v) is 12.8. The first kappa shape index (κ1) is 12.6. The molecule has 1 aliphatic rings. The zero-order chi connectivity index (χ0) is 11.8. The van der Waals surface area contributed by atoms with Crippen LogP contribution in [-0.4, -0.2) is 4.83 Å². The van der Waals surface area contributed by atoms with Crippen molar-refractivity contribution in [3.05, 3.63) is 22.4 Å². The third kappa shape index (κ3) is 2.38. The van der Waals surface area contributed by atoms with Gasteiger partial charge in [0, 0.05) is 4.83 Å². The molecule has 1 aromatic heterocycles. The molecule has 1 heterocycles. The van der Waals surface area contributed by atoms with Crippen molar-refractivity contribution < 1.29 is 0 Å². The van der Waals surface area contributed by atoms with Gasteiger partial charge in [0.25, 0.3) is 0 Å².